The number of nitrogens with one attached hydrogen (secondary N) is 1. The number of alkyl halides is 3. The number of halogens is 3. The number of ether oxygens (including phenoxy) is 2. The number of cyclic esters (lactones) is 1. The molecule has 0 bridgehead atoms. The van der Waals surface area contributed by atoms with Crippen LogP contribution >= 0.6 is 0 Å². The molecule has 1 N–H and O–H groups in total. The van der Waals surface area contributed by atoms with Gasteiger partial charge in [0.1, 0.15) is 11.9 Å². The molecule has 0 spiro atoms. The first-order valence-electron chi connectivity index (χ1n) is 14.6. The smallest absolute Gasteiger partial charge is 0.416 e. The van der Waals surface area contributed by atoms with E-state index in [4.69, 9.17) is 9.47 Å². The first kappa shape index (κ1) is 29.1. The summed E-state index contributed by atoms with van der Waals surface area (Å²) in [5, 5.41) is 3.04. The molecule has 2 amide bonds. The number of rotatable bonds is 5. The molecule has 226 valence electrons. The molecule has 6 atom stereocenters. The molecule has 3 saturated heterocycles. The minimum absolute atomic E-state index is 0.00727. The Bertz CT molecular complexity index is 1600. The minimum atomic E-state index is -4.50. The van der Waals surface area contributed by atoms with Crippen LogP contribution in [0.3, 0.4) is 0 Å². The van der Waals surface area contributed by atoms with E-state index in [2.05, 4.69) is 17.4 Å². The Kier molecular flexibility index (Phi) is 7.18. The fourth-order valence-corrected chi connectivity index (χ4v) is 7.35. The number of amides is 2. The maximum atomic E-state index is 13.6. The molecule has 3 heterocycles. The van der Waals surface area contributed by atoms with Gasteiger partial charge in [-0.2, -0.15) is 13.2 Å². The van der Waals surface area contributed by atoms with Crippen LogP contribution in [0.4, 0.5) is 18.0 Å². The highest BCUT2D eigenvalue weighted by molar-refractivity contribution is 5.83. The highest BCUT2D eigenvalue weighted by atomic mass is 19.4. The molecule has 0 aromatic heterocycles. The van der Waals surface area contributed by atoms with Crippen LogP contribution in [0, 0.1) is 19.8 Å². The average molecular weight is 593 g/mol. The van der Waals surface area contributed by atoms with E-state index in [1.54, 1.807) is 25.0 Å². The van der Waals surface area contributed by atoms with Crippen molar-refractivity contribution in [2.45, 2.75) is 76.9 Å². The summed E-state index contributed by atoms with van der Waals surface area (Å²) in [6.45, 7) is 7.55. The highest BCUT2D eigenvalue weighted by Crippen LogP contribution is 2.51. The van der Waals surface area contributed by atoms with E-state index in [1.165, 1.54) is 0 Å². The van der Waals surface area contributed by atoms with Crippen molar-refractivity contribution in [1.82, 2.24) is 10.2 Å². The van der Waals surface area contributed by atoms with E-state index in [-0.39, 0.29) is 35.9 Å². The van der Waals surface area contributed by atoms with E-state index in [0.29, 0.717) is 29.7 Å². The van der Waals surface area contributed by atoms with Gasteiger partial charge in [0, 0.05) is 23.4 Å². The maximum absolute atomic E-state index is 13.6. The number of benzene rings is 3. The van der Waals surface area contributed by atoms with Gasteiger partial charge in [0.05, 0.1) is 24.8 Å². The van der Waals surface area contributed by atoms with Crippen LogP contribution in [-0.2, 0) is 15.7 Å². The van der Waals surface area contributed by atoms with Gasteiger partial charge in [-0.1, -0.05) is 48.4 Å². The molecule has 9 heteroatoms. The minimum Gasteiger partial charge on any atom is -0.496 e. The lowest BCUT2D eigenvalue weighted by Gasteiger charge is -2.26. The normalized spacial score (nSPS) is 26.8. The van der Waals surface area contributed by atoms with Gasteiger partial charge < -0.3 is 14.8 Å². The Balaban J connectivity index is 1.39. The third-order valence-corrected chi connectivity index (χ3v) is 9.30. The largest absolute Gasteiger partial charge is 0.496 e. The monoisotopic (exact) mass is 592 g/mol. The van der Waals surface area contributed by atoms with Gasteiger partial charge in [0.2, 0.25) is 5.91 Å². The molecule has 3 aliphatic heterocycles. The predicted octanol–water partition coefficient (Wildman–Crippen LogP) is 7.63. The molecule has 3 aliphatic rings. The van der Waals surface area contributed by atoms with Crippen molar-refractivity contribution < 1.29 is 32.2 Å². The SMILES string of the molecule is COc1ccc([C@H]2[C@H](C)NC(=O)[C@@H]2C)cc1-c1ccc(C)cc1[C@@H]1CC[C@H]2[C@@H](c3cc(C)cc(C(F)(F)F)c3)OC(=O)N12. The lowest BCUT2D eigenvalue weighted by Crippen LogP contribution is -2.31. The number of aryl methyl sites for hydroxylation is 2. The number of methoxy groups -OCH3 is 1. The third-order valence-electron chi connectivity index (χ3n) is 9.30. The van der Waals surface area contributed by atoms with Crippen molar-refractivity contribution >= 4 is 12.0 Å². The molecule has 0 saturated carbocycles. The Labute approximate surface area is 249 Å². The standard InChI is InChI=1S/C34H35F3N2O4/c1-17-6-8-24(26-16-21(7-11-29(26)42-5)30-19(3)32(40)38-20(30)4)25(14-17)27-9-10-28-31(43-33(41)39(27)28)22-12-18(2)13-23(15-22)34(35,36)37/h6-8,11-16,19-20,27-28,30-31H,9-10H2,1-5H3,(H,38,40)/t19-,20+,27+,28+,30-,31-/m1/s1. The van der Waals surface area contributed by atoms with Gasteiger partial charge >= 0.3 is 12.3 Å². The van der Waals surface area contributed by atoms with E-state index < -0.39 is 23.9 Å². The highest BCUT2D eigenvalue weighted by Gasteiger charge is 2.51. The van der Waals surface area contributed by atoms with Crippen LogP contribution in [0.15, 0.2) is 54.6 Å². The molecule has 3 aromatic carbocycles. The molecular weight excluding hydrogens is 557 g/mol. The van der Waals surface area contributed by atoms with E-state index in [1.807, 2.05) is 45.0 Å². The summed E-state index contributed by atoms with van der Waals surface area (Å²) < 4.78 is 52.4. The Hall–Kier alpha value is -4.01. The van der Waals surface area contributed by atoms with Gasteiger partial charge in [-0.05, 0) is 80.1 Å². The number of hydrogen-bond acceptors (Lipinski definition) is 4. The van der Waals surface area contributed by atoms with Crippen LogP contribution in [-0.4, -0.2) is 36.1 Å². The second-order valence-electron chi connectivity index (χ2n) is 12.2. The molecule has 0 unspecified atom stereocenters. The van der Waals surface area contributed by atoms with Gasteiger partial charge in [-0.3, -0.25) is 9.69 Å². The van der Waals surface area contributed by atoms with Crippen molar-refractivity contribution in [2.75, 3.05) is 7.11 Å². The molecule has 43 heavy (non-hydrogen) atoms. The summed E-state index contributed by atoms with van der Waals surface area (Å²) in [5.41, 5.74) is 4.79. The van der Waals surface area contributed by atoms with Crippen molar-refractivity contribution in [3.8, 4) is 16.9 Å². The summed E-state index contributed by atoms with van der Waals surface area (Å²) in [6.07, 6.45) is -4.59. The van der Waals surface area contributed by atoms with Crippen molar-refractivity contribution in [2.24, 2.45) is 5.92 Å². The lowest BCUT2D eigenvalue weighted by atomic mass is 9.83. The lowest BCUT2D eigenvalue weighted by molar-refractivity contribution is -0.137. The summed E-state index contributed by atoms with van der Waals surface area (Å²) in [7, 11) is 1.61. The van der Waals surface area contributed by atoms with Gasteiger partial charge in [-0.25, -0.2) is 4.79 Å². The quantitative estimate of drug-likeness (QED) is 0.331. The number of fused-ring (bicyclic) bond motifs is 1. The zero-order valence-electron chi connectivity index (χ0n) is 24.8. The maximum Gasteiger partial charge on any atom is 0.416 e. The summed E-state index contributed by atoms with van der Waals surface area (Å²) in [4.78, 5) is 27.5. The molecule has 6 nitrogen and oxygen atoms in total. The fraction of sp³-hybridized carbons (Fsp3) is 0.412. The van der Waals surface area contributed by atoms with Gasteiger partial charge in [0.15, 0.2) is 0 Å². The van der Waals surface area contributed by atoms with Crippen molar-refractivity contribution in [1.29, 1.82) is 0 Å². The summed E-state index contributed by atoms with van der Waals surface area (Å²) >= 11 is 0. The van der Waals surface area contributed by atoms with E-state index in [9.17, 15) is 22.8 Å². The number of carbonyl (C=O) groups excluding carboxylic acids is 2. The van der Waals surface area contributed by atoms with Crippen LogP contribution in [0.2, 0.25) is 0 Å². The predicted molar refractivity (Wildman–Crippen MR) is 156 cm³/mol. The van der Waals surface area contributed by atoms with Crippen molar-refractivity contribution in [3.05, 3.63) is 88.0 Å². The number of hydrogen-bond donors (Lipinski definition) is 1. The molecular formula is C34H35F3N2O4. The van der Waals surface area contributed by atoms with Crippen LogP contribution in [0.5, 0.6) is 5.75 Å². The fourth-order valence-electron chi connectivity index (χ4n) is 7.35. The third kappa shape index (κ3) is 5.02. The van der Waals surface area contributed by atoms with Gasteiger partial charge in [-0.15, -0.1) is 0 Å². The van der Waals surface area contributed by atoms with E-state index >= 15 is 0 Å². The van der Waals surface area contributed by atoms with Gasteiger partial charge in [0.25, 0.3) is 0 Å². The number of nitrogens with zero attached hydrogens (tertiary/aromatic N) is 1. The zero-order valence-corrected chi connectivity index (χ0v) is 24.8. The summed E-state index contributed by atoms with van der Waals surface area (Å²) in [6, 6.07) is 15.2. The molecule has 6 rings (SSSR count). The van der Waals surface area contributed by atoms with E-state index in [0.717, 1.165) is 39.9 Å². The van der Waals surface area contributed by atoms with Crippen LogP contribution < -0.4 is 10.1 Å². The molecule has 0 radical (unpaired) electrons. The average Bonchev–Trinajstić information content (AvgIpc) is 3.60. The van der Waals surface area contributed by atoms with Crippen molar-refractivity contribution in [3.63, 3.8) is 0 Å². The molecule has 0 aliphatic carbocycles. The Morgan fingerprint density at radius 2 is 1.67 bits per heavy atom. The topological polar surface area (TPSA) is 67.9 Å². The van der Waals surface area contributed by atoms with Crippen LogP contribution in [0.25, 0.3) is 11.1 Å². The first-order chi connectivity index (χ1) is 20.4. The Morgan fingerprint density at radius 3 is 2.35 bits per heavy atom. The first-order valence-corrected chi connectivity index (χ1v) is 14.6. The summed E-state index contributed by atoms with van der Waals surface area (Å²) in [5.74, 6) is 0.510. The zero-order chi connectivity index (χ0) is 30.8. The van der Waals surface area contributed by atoms with Crippen LogP contribution in [0.1, 0.15) is 78.1 Å². The second kappa shape index (κ2) is 10.6. The second-order valence-corrected chi connectivity index (χ2v) is 12.2. The molecule has 3 fully saturated rings. The number of carbonyl (C=O) groups is 2. The molecule has 3 aromatic rings. The Morgan fingerprint density at radius 1 is 0.907 bits per heavy atom.